The molecule has 1 aliphatic rings. The van der Waals surface area contributed by atoms with Crippen molar-refractivity contribution in [3.63, 3.8) is 0 Å². The van der Waals surface area contributed by atoms with Crippen LogP contribution in [0.1, 0.15) is 51.4 Å². The van der Waals surface area contributed by atoms with Crippen LogP contribution in [0.5, 0.6) is 17.2 Å². The second-order valence-corrected chi connectivity index (χ2v) is 7.82. The van der Waals surface area contributed by atoms with Crippen LogP contribution in [0.4, 0.5) is 0 Å². The fraction of sp³-hybridized carbons (Fsp3) is 0.308. The summed E-state index contributed by atoms with van der Waals surface area (Å²) in [6.45, 7) is 2.00. The van der Waals surface area contributed by atoms with Gasteiger partial charge in [-0.15, -0.1) is 0 Å². The first-order valence-electron chi connectivity index (χ1n) is 10.8. The average molecular weight is 450 g/mol. The van der Waals surface area contributed by atoms with Gasteiger partial charge in [-0.25, -0.2) is 4.79 Å². The van der Waals surface area contributed by atoms with Crippen LogP contribution >= 0.6 is 0 Å². The molecule has 1 heterocycles. The number of hydrogen-bond donors (Lipinski definition) is 1. The molecule has 33 heavy (non-hydrogen) atoms. The Morgan fingerprint density at radius 3 is 2.30 bits per heavy atom. The number of ether oxygens (including phenoxy) is 4. The number of benzene rings is 2. The molecule has 1 N–H and O–H groups in total. The first-order valence-corrected chi connectivity index (χ1v) is 10.8. The molecule has 1 aliphatic carbocycles. The summed E-state index contributed by atoms with van der Waals surface area (Å²) in [5, 5.41) is 0. The van der Waals surface area contributed by atoms with Gasteiger partial charge in [0, 0.05) is 23.2 Å². The van der Waals surface area contributed by atoms with Crippen molar-refractivity contribution in [2.75, 3.05) is 27.9 Å². The molecule has 0 radical (unpaired) electrons. The molecule has 0 aliphatic heterocycles. The first kappa shape index (κ1) is 22.5. The van der Waals surface area contributed by atoms with Crippen molar-refractivity contribution in [2.24, 2.45) is 0 Å². The van der Waals surface area contributed by atoms with Gasteiger partial charge < -0.3 is 23.9 Å². The van der Waals surface area contributed by atoms with E-state index in [2.05, 4.69) is 4.98 Å². The van der Waals surface area contributed by atoms with Gasteiger partial charge in [-0.1, -0.05) is 18.2 Å². The number of carbonyl (C=O) groups is 2. The molecule has 7 nitrogen and oxygen atoms in total. The fourth-order valence-electron chi connectivity index (χ4n) is 4.40. The number of Topliss-reactive ketones (excluding diaryl/α,β-unsaturated/α-hetero) is 1. The second kappa shape index (κ2) is 9.40. The maximum atomic E-state index is 13.4. The van der Waals surface area contributed by atoms with E-state index in [9.17, 15) is 9.59 Å². The van der Waals surface area contributed by atoms with Crippen molar-refractivity contribution >= 4 is 11.8 Å². The van der Waals surface area contributed by atoms with E-state index in [4.69, 9.17) is 18.9 Å². The number of fused-ring (bicyclic) bond motifs is 1. The minimum atomic E-state index is -0.479. The summed E-state index contributed by atoms with van der Waals surface area (Å²) in [7, 11) is 4.77. The Bertz CT molecular complexity index is 1180. The number of aromatic amines is 1. The summed E-state index contributed by atoms with van der Waals surface area (Å²) in [6, 6.07) is 13.0. The molecule has 0 saturated carbocycles. The van der Waals surface area contributed by atoms with Crippen LogP contribution in [0, 0.1) is 0 Å². The number of hydrogen-bond acceptors (Lipinski definition) is 6. The lowest BCUT2D eigenvalue weighted by atomic mass is 9.80. The van der Waals surface area contributed by atoms with E-state index in [1.54, 1.807) is 28.3 Å². The van der Waals surface area contributed by atoms with E-state index in [1.807, 2.05) is 42.5 Å². The standard InChI is InChI=1S/C26H27NO6/c1-5-33-26(29)25-23(15-6-9-18(30-2)10-7-15)24-19(27-25)12-17(13-20(24)28)16-8-11-21(31-3)22(14-16)32-4/h6-11,14,17,27H,5,12-13H2,1-4H3/t17-/m0/s1. The van der Waals surface area contributed by atoms with Crippen molar-refractivity contribution in [1.82, 2.24) is 4.98 Å². The molecule has 0 spiro atoms. The predicted molar refractivity (Wildman–Crippen MR) is 124 cm³/mol. The molecule has 4 rings (SSSR count). The molecule has 2 aromatic carbocycles. The number of H-pyrrole nitrogens is 1. The van der Waals surface area contributed by atoms with Crippen molar-refractivity contribution in [3.8, 4) is 28.4 Å². The lowest BCUT2D eigenvalue weighted by Gasteiger charge is -2.23. The van der Waals surface area contributed by atoms with E-state index >= 15 is 0 Å². The quantitative estimate of drug-likeness (QED) is 0.522. The second-order valence-electron chi connectivity index (χ2n) is 7.82. The number of aromatic nitrogens is 1. The lowest BCUT2D eigenvalue weighted by Crippen LogP contribution is -2.18. The SMILES string of the molecule is CCOC(=O)c1[nH]c2c(c1-c1ccc(OC)cc1)C(=O)C[C@@H](c1ccc(OC)c(OC)c1)C2. The van der Waals surface area contributed by atoms with Gasteiger partial charge >= 0.3 is 5.97 Å². The first-order chi connectivity index (χ1) is 16.0. The van der Waals surface area contributed by atoms with Crippen LogP contribution in [-0.2, 0) is 11.2 Å². The van der Waals surface area contributed by atoms with E-state index in [0.29, 0.717) is 46.9 Å². The van der Waals surface area contributed by atoms with Crippen molar-refractivity contribution < 1.29 is 28.5 Å². The average Bonchev–Trinajstić information content (AvgIpc) is 3.24. The molecular formula is C26H27NO6. The maximum absolute atomic E-state index is 13.4. The molecule has 1 aromatic heterocycles. The summed E-state index contributed by atoms with van der Waals surface area (Å²) in [5.41, 5.74) is 3.91. The monoisotopic (exact) mass is 449 g/mol. The van der Waals surface area contributed by atoms with Gasteiger partial charge in [-0.2, -0.15) is 0 Å². The summed E-state index contributed by atoms with van der Waals surface area (Å²) in [4.78, 5) is 29.4. The highest BCUT2D eigenvalue weighted by atomic mass is 16.5. The van der Waals surface area contributed by atoms with Crippen LogP contribution in [0.25, 0.3) is 11.1 Å². The number of esters is 1. The summed E-state index contributed by atoms with van der Waals surface area (Å²) < 4.78 is 21.3. The van der Waals surface area contributed by atoms with Crippen molar-refractivity contribution in [3.05, 3.63) is 65.0 Å². The Balaban J connectivity index is 1.78. The van der Waals surface area contributed by atoms with E-state index in [1.165, 1.54) is 0 Å². The van der Waals surface area contributed by atoms with Gasteiger partial charge in [0.15, 0.2) is 17.3 Å². The number of carbonyl (C=O) groups excluding carboxylic acids is 2. The van der Waals surface area contributed by atoms with Gasteiger partial charge in [-0.3, -0.25) is 4.79 Å². The molecule has 3 aromatic rings. The summed E-state index contributed by atoms with van der Waals surface area (Å²) in [6.07, 6.45) is 0.908. The van der Waals surface area contributed by atoms with Gasteiger partial charge in [0.05, 0.1) is 27.9 Å². The van der Waals surface area contributed by atoms with E-state index in [-0.39, 0.29) is 18.3 Å². The number of methoxy groups -OCH3 is 3. The number of ketones is 1. The molecule has 0 bridgehead atoms. The van der Waals surface area contributed by atoms with E-state index in [0.717, 1.165) is 16.8 Å². The fourth-order valence-corrected chi connectivity index (χ4v) is 4.40. The molecule has 1 atom stereocenters. The zero-order valence-electron chi connectivity index (χ0n) is 19.2. The Kier molecular flexibility index (Phi) is 6.40. The molecule has 0 amide bonds. The number of rotatable bonds is 7. The molecule has 0 saturated heterocycles. The third-order valence-electron chi connectivity index (χ3n) is 5.98. The molecular weight excluding hydrogens is 422 g/mol. The van der Waals surface area contributed by atoms with Crippen LogP contribution in [0.15, 0.2) is 42.5 Å². The Labute approximate surface area is 192 Å². The largest absolute Gasteiger partial charge is 0.497 e. The third kappa shape index (κ3) is 4.18. The van der Waals surface area contributed by atoms with Gasteiger partial charge in [-0.05, 0) is 54.7 Å². The highest BCUT2D eigenvalue weighted by Gasteiger charge is 2.34. The van der Waals surface area contributed by atoms with Crippen LogP contribution in [-0.4, -0.2) is 44.7 Å². The van der Waals surface area contributed by atoms with Crippen LogP contribution in [0.3, 0.4) is 0 Å². The van der Waals surface area contributed by atoms with Crippen molar-refractivity contribution in [2.45, 2.75) is 25.7 Å². The zero-order valence-corrected chi connectivity index (χ0v) is 19.2. The van der Waals surface area contributed by atoms with Crippen LogP contribution < -0.4 is 14.2 Å². The minimum absolute atomic E-state index is 0.0198. The predicted octanol–water partition coefficient (Wildman–Crippen LogP) is 4.80. The smallest absolute Gasteiger partial charge is 0.355 e. The Morgan fingerprint density at radius 1 is 0.939 bits per heavy atom. The maximum Gasteiger partial charge on any atom is 0.355 e. The lowest BCUT2D eigenvalue weighted by molar-refractivity contribution is 0.0521. The third-order valence-corrected chi connectivity index (χ3v) is 5.98. The Morgan fingerprint density at radius 2 is 1.67 bits per heavy atom. The molecule has 172 valence electrons. The Hall–Kier alpha value is -3.74. The normalized spacial score (nSPS) is 15.0. The highest BCUT2D eigenvalue weighted by Crippen LogP contribution is 2.41. The topological polar surface area (TPSA) is 86.9 Å². The summed E-state index contributed by atoms with van der Waals surface area (Å²) >= 11 is 0. The molecule has 0 unspecified atom stereocenters. The number of nitrogens with one attached hydrogen (secondary N) is 1. The van der Waals surface area contributed by atoms with Gasteiger partial charge in [0.25, 0.3) is 0 Å². The van der Waals surface area contributed by atoms with Crippen LogP contribution in [0.2, 0.25) is 0 Å². The zero-order chi connectivity index (χ0) is 23.5. The molecule has 0 fully saturated rings. The van der Waals surface area contributed by atoms with E-state index < -0.39 is 5.97 Å². The van der Waals surface area contributed by atoms with Gasteiger partial charge in [0.2, 0.25) is 0 Å². The molecule has 7 heteroatoms. The van der Waals surface area contributed by atoms with Gasteiger partial charge in [0.1, 0.15) is 11.4 Å². The highest BCUT2D eigenvalue weighted by molar-refractivity contribution is 6.10. The summed E-state index contributed by atoms with van der Waals surface area (Å²) in [5.74, 6) is 1.39. The minimum Gasteiger partial charge on any atom is -0.497 e. The van der Waals surface area contributed by atoms with Crippen molar-refractivity contribution in [1.29, 1.82) is 0 Å².